The van der Waals surface area contributed by atoms with E-state index in [9.17, 15) is 18.4 Å². The molecule has 0 aromatic heterocycles. The molecule has 1 aromatic carbocycles. The summed E-state index contributed by atoms with van der Waals surface area (Å²) in [5, 5.41) is 8.07. The summed E-state index contributed by atoms with van der Waals surface area (Å²) >= 11 is 0. The number of fused-ring (bicyclic) bond motifs is 2. The Morgan fingerprint density at radius 2 is 2.12 bits per heavy atom. The maximum atomic E-state index is 14.6. The molecule has 2 atom stereocenters. The van der Waals surface area contributed by atoms with Crippen molar-refractivity contribution < 1.29 is 23.1 Å². The molecule has 2 saturated heterocycles. The Labute approximate surface area is 143 Å². The van der Waals surface area contributed by atoms with Crippen LogP contribution in [0, 0.1) is 0 Å². The van der Waals surface area contributed by atoms with Crippen LogP contribution in [0.4, 0.5) is 14.5 Å². The molecule has 0 saturated carbocycles. The Bertz CT molecular complexity index is 740. The molecule has 134 valence electrons. The molecule has 2 fully saturated rings. The van der Waals surface area contributed by atoms with Gasteiger partial charge in [-0.1, -0.05) is 6.07 Å². The van der Waals surface area contributed by atoms with E-state index in [1.807, 2.05) is 0 Å². The van der Waals surface area contributed by atoms with E-state index in [0.717, 1.165) is 0 Å². The highest BCUT2D eigenvalue weighted by Gasteiger charge is 2.60. The standard InChI is InChI=1S/C17H19F2N3O3/c18-17(19)8-20-6-5-16(17)9-25-13-7-10(1-2-11(13)16)21-12-3-4-14(23)22-15(12)24/h1-2,7,12,20-21H,3-6,8-9H2,(H,22,23,24). The van der Waals surface area contributed by atoms with Gasteiger partial charge in [-0.05, 0) is 25.5 Å². The van der Waals surface area contributed by atoms with Crippen molar-refractivity contribution in [1.29, 1.82) is 0 Å². The van der Waals surface area contributed by atoms with Gasteiger partial charge >= 0.3 is 0 Å². The third kappa shape index (κ3) is 2.55. The number of nitrogens with one attached hydrogen (secondary N) is 3. The first-order chi connectivity index (χ1) is 11.9. The van der Waals surface area contributed by atoms with E-state index in [-0.39, 0.29) is 31.4 Å². The quantitative estimate of drug-likeness (QED) is 0.697. The fourth-order valence-corrected chi connectivity index (χ4v) is 3.85. The van der Waals surface area contributed by atoms with Gasteiger partial charge in [0.1, 0.15) is 18.4 Å². The fourth-order valence-electron chi connectivity index (χ4n) is 3.85. The molecule has 25 heavy (non-hydrogen) atoms. The lowest BCUT2D eigenvalue weighted by atomic mass is 9.72. The number of piperidine rings is 2. The van der Waals surface area contributed by atoms with Gasteiger partial charge in [0, 0.05) is 23.7 Å². The minimum atomic E-state index is -2.88. The number of ether oxygens (including phenoxy) is 1. The largest absolute Gasteiger partial charge is 0.492 e. The number of carbonyl (C=O) groups excluding carboxylic acids is 2. The number of rotatable bonds is 2. The predicted molar refractivity (Wildman–Crippen MR) is 85.8 cm³/mol. The monoisotopic (exact) mass is 351 g/mol. The zero-order chi connectivity index (χ0) is 17.7. The van der Waals surface area contributed by atoms with Crippen LogP contribution in [0.15, 0.2) is 18.2 Å². The molecule has 1 spiro atoms. The van der Waals surface area contributed by atoms with Crippen LogP contribution in [-0.2, 0) is 15.0 Å². The first kappa shape index (κ1) is 16.3. The van der Waals surface area contributed by atoms with Gasteiger partial charge in [-0.2, -0.15) is 0 Å². The van der Waals surface area contributed by atoms with Gasteiger partial charge in [-0.25, -0.2) is 8.78 Å². The van der Waals surface area contributed by atoms with Gasteiger partial charge in [-0.3, -0.25) is 14.9 Å². The van der Waals surface area contributed by atoms with Gasteiger partial charge in [0.05, 0.1) is 12.0 Å². The predicted octanol–water partition coefficient (Wildman–Crippen LogP) is 1.16. The molecule has 6 nitrogen and oxygen atoms in total. The highest BCUT2D eigenvalue weighted by atomic mass is 19.3. The van der Waals surface area contributed by atoms with Crippen LogP contribution < -0.4 is 20.7 Å². The second-order valence-electron chi connectivity index (χ2n) is 6.86. The van der Waals surface area contributed by atoms with Crippen LogP contribution in [0.2, 0.25) is 0 Å². The Kier molecular flexibility index (Phi) is 3.68. The van der Waals surface area contributed by atoms with Gasteiger partial charge in [-0.15, -0.1) is 0 Å². The van der Waals surface area contributed by atoms with Gasteiger partial charge in [0.15, 0.2) is 0 Å². The Morgan fingerprint density at radius 3 is 2.88 bits per heavy atom. The summed E-state index contributed by atoms with van der Waals surface area (Å²) in [5.74, 6) is -3.11. The SMILES string of the molecule is O=C1CCC(Nc2ccc3c(c2)OCC32CCNCC2(F)F)C(=O)N1. The number of hydrogen-bond donors (Lipinski definition) is 3. The normalized spacial score (nSPS) is 30.6. The molecule has 3 N–H and O–H groups in total. The van der Waals surface area contributed by atoms with Crippen LogP contribution in [0.5, 0.6) is 5.75 Å². The van der Waals surface area contributed by atoms with E-state index in [1.165, 1.54) is 0 Å². The second kappa shape index (κ2) is 5.66. The number of carbonyl (C=O) groups is 2. The maximum Gasteiger partial charge on any atom is 0.273 e. The highest BCUT2D eigenvalue weighted by molar-refractivity contribution is 6.01. The van der Waals surface area contributed by atoms with Crippen LogP contribution in [-0.4, -0.2) is 43.5 Å². The number of anilines is 1. The van der Waals surface area contributed by atoms with Crippen molar-refractivity contribution in [3.05, 3.63) is 23.8 Å². The first-order valence-corrected chi connectivity index (χ1v) is 8.37. The van der Waals surface area contributed by atoms with E-state index in [2.05, 4.69) is 16.0 Å². The minimum Gasteiger partial charge on any atom is -0.492 e. The van der Waals surface area contributed by atoms with Crippen molar-refractivity contribution in [3.63, 3.8) is 0 Å². The number of imide groups is 1. The molecule has 3 heterocycles. The number of amides is 2. The third-order valence-corrected chi connectivity index (χ3v) is 5.33. The molecular formula is C17H19F2N3O3. The lowest BCUT2D eigenvalue weighted by Gasteiger charge is -2.40. The van der Waals surface area contributed by atoms with Gasteiger partial charge in [0.25, 0.3) is 5.92 Å². The summed E-state index contributed by atoms with van der Waals surface area (Å²) in [6, 6.07) is 4.49. The van der Waals surface area contributed by atoms with Crippen molar-refractivity contribution in [2.75, 3.05) is 25.0 Å². The molecule has 3 aliphatic heterocycles. The van der Waals surface area contributed by atoms with Crippen molar-refractivity contribution in [3.8, 4) is 5.75 Å². The maximum absolute atomic E-state index is 14.6. The average molecular weight is 351 g/mol. The molecule has 0 bridgehead atoms. The van der Waals surface area contributed by atoms with Crippen LogP contribution in [0.25, 0.3) is 0 Å². The van der Waals surface area contributed by atoms with E-state index in [4.69, 9.17) is 4.74 Å². The summed E-state index contributed by atoms with van der Waals surface area (Å²) in [7, 11) is 0. The number of halogens is 2. The minimum absolute atomic E-state index is 0.0428. The first-order valence-electron chi connectivity index (χ1n) is 8.37. The Morgan fingerprint density at radius 1 is 1.28 bits per heavy atom. The molecule has 2 amide bonds. The van der Waals surface area contributed by atoms with Crippen LogP contribution >= 0.6 is 0 Å². The van der Waals surface area contributed by atoms with Crippen molar-refractivity contribution in [2.45, 2.75) is 36.6 Å². The summed E-state index contributed by atoms with van der Waals surface area (Å²) in [6.07, 6.45) is 0.983. The van der Waals surface area contributed by atoms with E-state index in [1.54, 1.807) is 18.2 Å². The summed E-state index contributed by atoms with van der Waals surface area (Å²) in [5.41, 5.74) is -0.156. The van der Waals surface area contributed by atoms with Crippen LogP contribution in [0.3, 0.4) is 0 Å². The van der Waals surface area contributed by atoms with Gasteiger partial charge < -0.3 is 15.4 Å². The lowest BCUT2D eigenvalue weighted by Crippen LogP contribution is -2.57. The number of alkyl halides is 2. The molecular weight excluding hydrogens is 332 g/mol. The molecule has 3 aliphatic rings. The van der Waals surface area contributed by atoms with Crippen molar-refractivity contribution in [2.24, 2.45) is 0 Å². The summed E-state index contributed by atoms with van der Waals surface area (Å²) in [6.45, 7) is 0.125. The molecule has 1 aromatic rings. The second-order valence-corrected chi connectivity index (χ2v) is 6.86. The lowest BCUT2D eigenvalue weighted by molar-refractivity contribution is -0.133. The number of benzene rings is 1. The van der Waals surface area contributed by atoms with Gasteiger partial charge in [0.2, 0.25) is 11.8 Å². The summed E-state index contributed by atoms with van der Waals surface area (Å²) < 4.78 is 34.7. The van der Waals surface area contributed by atoms with Crippen molar-refractivity contribution in [1.82, 2.24) is 10.6 Å². The van der Waals surface area contributed by atoms with Crippen molar-refractivity contribution >= 4 is 17.5 Å². The fraction of sp³-hybridized carbons (Fsp3) is 0.529. The molecule has 4 rings (SSSR count). The summed E-state index contributed by atoms with van der Waals surface area (Å²) in [4.78, 5) is 23.0. The zero-order valence-corrected chi connectivity index (χ0v) is 13.5. The Balaban J connectivity index is 1.58. The molecule has 0 aliphatic carbocycles. The van der Waals surface area contributed by atoms with E-state index >= 15 is 0 Å². The number of hydrogen-bond acceptors (Lipinski definition) is 5. The topological polar surface area (TPSA) is 79.5 Å². The van der Waals surface area contributed by atoms with E-state index in [0.29, 0.717) is 36.4 Å². The highest BCUT2D eigenvalue weighted by Crippen LogP contribution is 2.51. The smallest absolute Gasteiger partial charge is 0.273 e. The third-order valence-electron chi connectivity index (χ3n) is 5.33. The van der Waals surface area contributed by atoms with Crippen LogP contribution in [0.1, 0.15) is 24.8 Å². The zero-order valence-electron chi connectivity index (χ0n) is 13.5. The van der Waals surface area contributed by atoms with E-state index < -0.39 is 17.4 Å². The Hall–Kier alpha value is -2.22. The average Bonchev–Trinajstić information content (AvgIpc) is 2.93. The molecule has 2 unspecified atom stereocenters. The molecule has 8 heteroatoms. The molecule has 0 radical (unpaired) electrons.